The lowest BCUT2D eigenvalue weighted by molar-refractivity contribution is -0.147. The number of hydrogen-bond acceptors (Lipinski definition) is 4. The number of rotatable bonds is 4. The lowest BCUT2D eigenvalue weighted by Gasteiger charge is -2.24. The van der Waals surface area contributed by atoms with Crippen LogP contribution >= 0.6 is 15.9 Å². The molecule has 106 valence electrons. The summed E-state index contributed by atoms with van der Waals surface area (Å²) in [5.41, 5.74) is 0.427. The van der Waals surface area contributed by atoms with Crippen molar-refractivity contribution in [3.63, 3.8) is 0 Å². The number of imide groups is 1. The molecule has 0 radical (unpaired) electrons. The summed E-state index contributed by atoms with van der Waals surface area (Å²) in [4.78, 5) is 40.1. The largest absolute Gasteiger partial charge is 0.350 e. The van der Waals surface area contributed by atoms with Gasteiger partial charge in [-0.3, -0.25) is 24.3 Å². The molecule has 0 aliphatic carbocycles. The molecule has 7 heteroatoms. The van der Waals surface area contributed by atoms with Crippen LogP contribution in [0.5, 0.6) is 0 Å². The number of piperidine rings is 1. The number of likely N-dealkylation sites (tertiary alicyclic amines) is 1. The van der Waals surface area contributed by atoms with E-state index in [1.807, 2.05) is 0 Å². The second-order valence-electron chi connectivity index (χ2n) is 4.44. The minimum Gasteiger partial charge on any atom is -0.350 e. The Bertz CT molecular complexity index is 531. The molecule has 0 aromatic carbocycles. The van der Waals surface area contributed by atoms with Crippen LogP contribution in [0.3, 0.4) is 0 Å². The minimum atomic E-state index is -0.282. The van der Waals surface area contributed by atoms with Crippen LogP contribution in [0, 0.1) is 0 Å². The average molecular weight is 340 g/mol. The molecule has 0 atom stereocenters. The van der Waals surface area contributed by atoms with Gasteiger partial charge in [0.05, 0.1) is 5.56 Å². The topological polar surface area (TPSA) is 79.4 Å². The van der Waals surface area contributed by atoms with Gasteiger partial charge in [-0.1, -0.05) is 0 Å². The fraction of sp³-hybridized carbons (Fsp3) is 0.385. The lowest BCUT2D eigenvalue weighted by Crippen LogP contribution is -2.44. The van der Waals surface area contributed by atoms with E-state index in [0.717, 1.165) is 0 Å². The van der Waals surface area contributed by atoms with Crippen LogP contribution in [0.25, 0.3) is 0 Å². The van der Waals surface area contributed by atoms with E-state index >= 15 is 0 Å². The van der Waals surface area contributed by atoms with Crippen LogP contribution in [-0.2, 0) is 9.59 Å². The molecular weight excluding hydrogens is 326 g/mol. The Morgan fingerprint density at radius 2 is 2.00 bits per heavy atom. The Kier molecular flexibility index (Phi) is 4.84. The van der Waals surface area contributed by atoms with E-state index in [9.17, 15) is 14.4 Å². The van der Waals surface area contributed by atoms with Gasteiger partial charge in [0.2, 0.25) is 11.8 Å². The highest BCUT2D eigenvalue weighted by atomic mass is 79.9. The zero-order chi connectivity index (χ0) is 14.5. The molecule has 2 heterocycles. The van der Waals surface area contributed by atoms with E-state index in [2.05, 4.69) is 26.2 Å². The van der Waals surface area contributed by atoms with Gasteiger partial charge in [-0.15, -0.1) is 0 Å². The number of nitrogens with one attached hydrogen (secondary N) is 1. The summed E-state index contributed by atoms with van der Waals surface area (Å²) in [7, 11) is 0. The average Bonchev–Trinajstić information content (AvgIpc) is 2.42. The SMILES string of the molecule is O=C(NCCN1C(=O)CCCC1=O)c1cncc(Br)c1. The summed E-state index contributed by atoms with van der Waals surface area (Å²) < 4.78 is 0.714. The molecule has 1 aliphatic rings. The fourth-order valence-corrected chi connectivity index (χ4v) is 2.33. The minimum absolute atomic E-state index is 0.167. The van der Waals surface area contributed by atoms with E-state index in [1.165, 1.54) is 11.1 Å². The van der Waals surface area contributed by atoms with Crippen molar-refractivity contribution < 1.29 is 14.4 Å². The first-order valence-electron chi connectivity index (χ1n) is 6.30. The van der Waals surface area contributed by atoms with E-state index < -0.39 is 0 Å². The van der Waals surface area contributed by atoms with Gasteiger partial charge in [0.15, 0.2) is 0 Å². The smallest absolute Gasteiger partial charge is 0.252 e. The Morgan fingerprint density at radius 3 is 2.65 bits per heavy atom. The maximum atomic E-state index is 11.8. The van der Waals surface area contributed by atoms with E-state index in [4.69, 9.17) is 0 Å². The third kappa shape index (κ3) is 3.63. The summed E-state index contributed by atoms with van der Waals surface area (Å²) >= 11 is 3.24. The first-order chi connectivity index (χ1) is 9.58. The van der Waals surface area contributed by atoms with Crippen LogP contribution in [-0.4, -0.2) is 40.7 Å². The predicted molar refractivity (Wildman–Crippen MR) is 74.8 cm³/mol. The molecule has 1 aromatic rings. The maximum Gasteiger partial charge on any atom is 0.252 e. The van der Waals surface area contributed by atoms with Crippen molar-refractivity contribution in [2.75, 3.05) is 13.1 Å². The van der Waals surface area contributed by atoms with Gasteiger partial charge >= 0.3 is 0 Å². The zero-order valence-electron chi connectivity index (χ0n) is 10.8. The molecule has 20 heavy (non-hydrogen) atoms. The van der Waals surface area contributed by atoms with Crippen molar-refractivity contribution in [2.24, 2.45) is 0 Å². The first-order valence-corrected chi connectivity index (χ1v) is 7.09. The summed E-state index contributed by atoms with van der Waals surface area (Å²) in [6, 6.07) is 1.65. The zero-order valence-corrected chi connectivity index (χ0v) is 12.4. The van der Waals surface area contributed by atoms with Crippen LogP contribution in [0.1, 0.15) is 29.6 Å². The predicted octanol–water partition coefficient (Wildman–Crippen LogP) is 1.11. The quantitative estimate of drug-likeness (QED) is 0.833. The number of nitrogens with zero attached hydrogens (tertiary/aromatic N) is 2. The molecule has 0 unspecified atom stereocenters. The molecule has 0 spiro atoms. The molecular formula is C13H14BrN3O3. The van der Waals surface area contributed by atoms with Crippen LogP contribution in [0.4, 0.5) is 0 Å². The van der Waals surface area contributed by atoms with E-state index in [0.29, 0.717) is 29.3 Å². The maximum absolute atomic E-state index is 11.8. The van der Waals surface area contributed by atoms with Crippen LogP contribution in [0.15, 0.2) is 22.9 Å². The molecule has 3 amide bonds. The normalized spacial score (nSPS) is 15.3. The van der Waals surface area contributed by atoms with Crippen molar-refractivity contribution >= 4 is 33.7 Å². The second kappa shape index (κ2) is 6.60. The Hall–Kier alpha value is -1.76. The Labute approximate surface area is 124 Å². The van der Waals surface area contributed by atoms with E-state index in [-0.39, 0.29) is 30.8 Å². The Balaban J connectivity index is 1.85. The van der Waals surface area contributed by atoms with E-state index in [1.54, 1.807) is 12.3 Å². The van der Waals surface area contributed by atoms with Gasteiger partial charge in [-0.05, 0) is 28.4 Å². The van der Waals surface area contributed by atoms with Gasteiger partial charge in [0.25, 0.3) is 5.91 Å². The highest BCUT2D eigenvalue weighted by molar-refractivity contribution is 9.10. The molecule has 1 saturated heterocycles. The highest BCUT2D eigenvalue weighted by Gasteiger charge is 2.25. The standard InChI is InChI=1S/C13H14BrN3O3/c14-10-6-9(7-15-8-10)13(20)16-4-5-17-11(18)2-1-3-12(17)19/h6-8H,1-5H2,(H,16,20). The summed E-state index contributed by atoms with van der Waals surface area (Å²) in [5, 5.41) is 2.67. The van der Waals surface area contributed by atoms with Crippen molar-refractivity contribution in [1.82, 2.24) is 15.2 Å². The van der Waals surface area contributed by atoms with Crippen molar-refractivity contribution in [2.45, 2.75) is 19.3 Å². The highest BCUT2D eigenvalue weighted by Crippen LogP contribution is 2.11. The number of carbonyl (C=O) groups is 3. The van der Waals surface area contributed by atoms with Gasteiger partial charge < -0.3 is 5.32 Å². The van der Waals surface area contributed by atoms with Gasteiger partial charge in [-0.2, -0.15) is 0 Å². The molecule has 1 aromatic heterocycles. The van der Waals surface area contributed by atoms with Gasteiger partial charge in [0, 0.05) is 42.8 Å². The molecule has 1 aliphatic heterocycles. The summed E-state index contributed by atoms with van der Waals surface area (Å²) in [6.45, 7) is 0.452. The van der Waals surface area contributed by atoms with Crippen molar-refractivity contribution in [3.8, 4) is 0 Å². The number of aromatic nitrogens is 1. The third-order valence-corrected chi connectivity index (χ3v) is 3.41. The molecule has 6 nitrogen and oxygen atoms in total. The van der Waals surface area contributed by atoms with Gasteiger partial charge in [0.1, 0.15) is 0 Å². The lowest BCUT2D eigenvalue weighted by atomic mass is 10.1. The van der Waals surface area contributed by atoms with Crippen molar-refractivity contribution in [1.29, 1.82) is 0 Å². The number of hydrogen-bond donors (Lipinski definition) is 1. The fourth-order valence-electron chi connectivity index (χ4n) is 1.97. The number of halogens is 1. The number of amides is 3. The van der Waals surface area contributed by atoms with Crippen LogP contribution in [0.2, 0.25) is 0 Å². The first kappa shape index (κ1) is 14.6. The van der Waals surface area contributed by atoms with Crippen molar-refractivity contribution in [3.05, 3.63) is 28.5 Å². The van der Waals surface area contributed by atoms with Gasteiger partial charge in [-0.25, -0.2) is 0 Å². The third-order valence-electron chi connectivity index (χ3n) is 2.97. The van der Waals surface area contributed by atoms with Crippen LogP contribution < -0.4 is 5.32 Å². The molecule has 0 bridgehead atoms. The molecule has 0 saturated carbocycles. The summed E-state index contributed by atoms with van der Waals surface area (Å²) in [5.74, 6) is -0.616. The monoisotopic (exact) mass is 339 g/mol. The second-order valence-corrected chi connectivity index (χ2v) is 5.36. The number of carbonyl (C=O) groups excluding carboxylic acids is 3. The summed E-state index contributed by atoms with van der Waals surface area (Å²) in [6.07, 6.45) is 4.45. The number of pyridine rings is 1. The molecule has 2 rings (SSSR count). The molecule has 1 fully saturated rings. The Morgan fingerprint density at radius 1 is 1.30 bits per heavy atom. The molecule has 1 N–H and O–H groups in total.